The second-order valence-corrected chi connectivity index (χ2v) is 6.75. The van der Waals surface area contributed by atoms with Gasteiger partial charge in [-0.2, -0.15) is 13.2 Å². The molecular weight excluding hydrogens is 394 g/mol. The second kappa shape index (κ2) is 6.68. The maximum atomic E-state index is 13.2. The number of carbonyl (C=O) groups excluding carboxylic acids is 1. The smallest absolute Gasteiger partial charge is 0.336 e. The number of hydrogen-bond donors (Lipinski definition) is 0. The molecule has 1 aliphatic heterocycles. The van der Waals surface area contributed by atoms with Crippen molar-refractivity contribution in [3.8, 4) is 5.69 Å². The number of fused-ring (bicyclic) bond motifs is 1. The summed E-state index contributed by atoms with van der Waals surface area (Å²) in [5.41, 5.74) is -0.755. The van der Waals surface area contributed by atoms with Gasteiger partial charge >= 0.3 is 11.9 Å². The highest BCUT2D eigenvalue weighted by atomic mass is 19.4. The first-order chi connectivity index (χ1) is 13.7. The SMILES string of the molecule is CC(F)C(=O)N1CC(n2c(=O)n(-c3ccc(C(F)(F)F)cc3)c3nccnc32)C1. The summed E-state index contributed by atoms with van der Waals surface area (Å²) in [7, 11) is 0. The monoisotopic (exact) mass is 409 g/mol. The highest BCUT2D eigenvalue weighted by Gasteiger charge is 2.37. The number of benzene rings is 1. The van der Waals surface area contributed by atoms with Crippen LogP contribution in [-0.2, 0) is 11.0 Å². The van der Waals surface area contributed by atoms with Crippen LogP contribution in [0.1, 0.15) is 18.5 Å². The van der Waals surface area contributed by atoms with Crippen molar-refractivity contribution in [2.24, 2.45) is 0 Å². The molecule has 0 spiro atoms. The Kier molecular flexibility index (Phi) is 4.39. The molecule has 3 aromatic rings. The van der Waals surface area contributed by atoms with Gasteiger partial charge in [-0.1, -0.05) is 0 Å². The molecule has 3 heterocycles. The van der Waals surface area contributed by atoms with Gasteiger partial charge in [-0.25, -0.2) is 23.7 Å². The van der Waals surface area contributed by atoms with E-state index in [1.165, 1.54) is 38.6 Å². The van der Waals surface area contributed by atoms with Crippen molar-refractivity contribution in [3.05, 3.63) is 52.7 Å². The number of amides is 1. The lowest BCUT2D eigenvalue weighted by molar-refractivity contribution is -0.141. The minimum atomic E-state index is -4.49. The standard InChI is InChI=1S/C18H15F4N5O2/c1-10(19)16(28)25-8-13(9-25)27-15-14(23-6-7-24-15)26(17(27)29)12-4-2-11(3-5-12)18(20,21)22/h2-7,10,13H,8-9H2,1H3. The van der Waals surface area contributed by atoms with Crippen molar-refractivity contribution in [2.45, 2.75) is 25.3 Å². The first kappa shape index (κ1) is 19.1. The van der Waals surface area contributed by atoms with Crippen molar-refractivity contribution < 1.29 is 22.4 Å². The molecule has 0 radical (unpaired) electrons. The van der Waals surface area contributed by atoms with Crippen molar-refractivity contribution in [1.29, 1.82) is 0 Å². The van der Waals surface area contributed by atoms with Gasteiger partial charge in [-0.3, -0.25) is 9.36 Å². The number of imidazole rings is 1. The predicted molar refractivity (Wildman–Crippen MR) is 94.3 cm³/mol. The highest BCUT2D eigenvalue weighted by Crippen LogP contribution is 2.30. The quantitative estimate of drug-likeness (QED) is 0.623. The fourth-order valence-electron chi connectivity index (χ4n) is 3.35. The summed E-state index contributed by atoms with van der Waals surface area (Å²) >= 11 is 0. The van der Waals surface area contributed by atoms with Crippen LogP contribution in [0, 0.1) is 0 Å². The fourth-order valence-corrected chi connectivity index (χ4v) is 3.35. The third-order valence-electron chi connectivity index (χ3n) is 4.83. The van der Waals surface area contributed by atoms with Gasteiger partial charge in [-0.05, 0) is 31.2 Å². The Morgan fingerprint density at radius 1 is 1.10 bits per heavy atom. The molecule has 0 bridgehead atoms. The van der Waals surface area contributed by atoms with E-state index in [9.17, 15) is 27.2 Å². The van der Waals surface area contributed by atoms with Gasteiger partial charge < -0.3 is 4.90 Å². The Morgan fingerprint density at radius 3 is 2.24 bits per heavy atom. The molecule has 29 heavy (non-hydrogen) atoms. The van der Waals surface area contributed by atoms with Gasteiger partial charge in [0.05, 0.1) is 17.3 Å². The van der Waals surface area contributed by atoms with Crippen molar-refractivity contribution in [2.75, 3.05) is 13.1 Å². The van der Waals surface area contributed by atoms with E-state index in [-0.39, 0.29) is 30.1 Å². The van der Waals surface area contributed by atoms with Gasteiger partial charge in [0.1, 0.15) is 0 Å². The molecule has 1 aliphatic rings. The Morgan fingerprint density at radius 2 is 1.69 bits per heavy atom. The minimum Gasteiger partial charge on any atom is -0.336 e. The molecule has 2 aromatic heterocycles. The number of hydrogen-bond acceptors (Lipinski definition) is 4. The maximum absolute atomic E-state index is 13.2. The number of nitrogens with zero attached hydrogens (tertiary/aromatic N) is 5. The van der Waals surface area contributed by atoms with Gasteiger partial charge in [0, 0.05) is 25.5 Å². The number of carbonyl (C=O) groups is 1. The maximum Gasteiger partial charge on any atom is 0.416 e. The number of rotatable bonds is 3. The first-order valence-corrected chi connectivity index (χ1v) is 8.73. The van der Waals surface area contributed by atoms with Crippen LogP contribution >= 0.6 is 0 Å². The summed E-state index contributed by atoms with van der Waals surface area (Å²) in [6.07, 6.45) is -3.37. The first-order valence-electron chi connectivity index (χ1n) is 8.73. The number of halogens is 4. The zero-order chi connectivity index (χ0) is 20.9. The molecule has 1 atom stereocenters. The van der Waals surface area contributed by atoms with Gasteiger partial charge in [0.2, 0.25) is 0 Å². The summed E-state index contributed by atoms with van der Waals surface area (Å²) < 4.78 is 54.2. The molecule has 11 heteroatoms. The van der Waals surface area contributed by atoms with E-state index in [1.54, 1.807) is 0 Å². The molecular formula is C18H15F4N5O2. The largest absolute Gasteiger partial charge is 0.416 e. The number of likely N-dealkylation sites (tertiary alicyclic amines) is 1. The summed E-state index contributed by atoms with van der Waals surface area (Å²) in [4.78, 5) is 34.4. The van der Waals surface area contributed by atoms with Gasteiger partial charge in [-0.15, -0.1) is 0 Å². The van der Waals surface area contributed by atoms with E-state index in [1.807, 2.05) is 0 Å². The topological polar surface area (TPSA) is 73.0 Å². The van der Waals surface area contributed by atoms with E-state index in [4.69, 9.17) is 0 Å². The van der Waals surface area contributed by atoms with Crippen molar-refractivity contribution in [3.63, 3.8) is 0 Å². The van der Waals surface area contributed by atoms with Crippen molar-refractivity contribution >= 4 is 17.2 Å². The molecule has 0 N–H and O–H groups in total. The molecule has 1 fully saturated rings. The Bertz CT molecular complexity index is 1130. The van der Waals surface area contributed by atoms with Crippen LogP contribution in [0.5, 0.6) is 0 Å². The van der Waals surface area contributed by atoms with Gasteiger partial charge in [0.25, 0.3) is 5.91 Å². The van der Waals surface area contributed by atoms with E-state index in [2.05, 4.69) is 9.97 Å². The predicted octanol–water partition coefficient (Wildman–Crippen LogP) is 2.34. The second-order valence-electron chi connectivity index (χ2n) is 6.75. The lowest BCUT2D eigenvalue weighted by Crippen LogP contribution is -2.54. The van der Waals surface area contributed by atoms with Crippen molar-refractivity contribution in [1.82, 2.24) is 24.0 Å². The normalized spacial score (nSPS) is 16.1. The molecule has 1 unspecified atom stereocenters. The third-order valence-corrected chi connectivity index (χ3v) is 4.83. The van der Waals surface area contributed by atoms with E-state index < -0.39 is 35.6 Å². The van der Waals surface area contributed by atoms with Crippen LogP contribution in [0.2, 0.25) is 0 Å². The van der Waals surface area contributed by atoms with Crippen LogP contribution in [0.3, 0.4) is 0 Å². The lowest BCUT2D eigenvalue weighted by atomic mass is 10.1. The van der Waals surface area contributed by atoms with Crippen LogP contribution < -0.4 is 5.69 Å². The summed E-state index contributed by atoms with van der Waals surface area (Å²) in [6.45, 7) is 1.41. The Hall–Kier alpha value is -3.24. The zero-order valence-electron chi connectivity index (χ0n) is 15.1. The van der Waals surface area contributed by atoms with E-state index in [0.29, 0.717) is 0 Å². The molecule has 7 nitrogen and oxygen atoms in total. The Balaban J connectivity index is 1.75. The molecule has 152 valence electrons. The van der Waals surface area contributed by atoms with Crippen LogP contribution in [0.25, 0.3) is 17.0 Å². The van der Waals surface area contributed by atoms with Crippen LogP contribution in [0.4, 0.5) is 17.6 Å². The van der Waals surface area contributed by atoms with Gasteiger partial charge in [0.15, 0.2) is 17.5 Å². The zero-order valence-corrected chi connectivity index (χ0v) is 15.1. The summed E-state index contributed by atoms with van der Waals surface area (Å²) in [5.74, 6) is -0.660. The molecule has 0 saturated carbocycles. The van der Waals surface area contributed by atoms with E-state index in [0.717, 1.165) is 19.1 Å². The lowest BCUT2D eigenvalue weighted by Gasteiger charge is -2.39. The highest BCUT2D eigenvalue weighted by molar-refractivity contribution is 5.81. The molecule has 1 amide bonds. The molecule has 4 rings (SSSR count). The summed E-state index contributed by atoms with van der Waals surface area (Å²) in [5, 5.41) is 0. The molecule has 1 aromatic carbocycles. The molecule has 1 saturated heterocycles. The fraction of sp³-hybridized carbons (Fsp3) is 0.333. The summed E-state index contributed by atoms with van der Waals surface area (Å²) in [6, 6.07) is 3.70. The van der Waals surface area contributed by atoms with Crippen LogP contribution in [0.15, 0.2) is 41.5 Å². The minimum absolute atomic E-state index is 0.135. The molecule has 0 aliphatic carbocycles. The average Bonchev–Trinajstić information content (AvgIpc) is 2.92. The third kappa shape index (κ3) is 3.15. The Labute approximate surface area is 161 Å². The van der Waals surface area contributed by atoms with E-state index >= 15 is 0 Å². The number of alkyl halides is 4. The number of aromatic nitrogens is 4. The van der Waals surface area contributed by atoms with Crippen LogP contribution in [-0.4, -0.2) is 49.2 Å². The average molecular weight is 409 g/mol.